The van der Waals surface area contributed by atoms with Crippen molar-refractivity contribution in [1.82, 2.24) is 0 Å². The van der Waals surface area contributed by atoms with Gasteiger partial charge in [-0.15, -0.1) is 0 Å². The highest BCUT2D eigenvalue weighted by Crippen LogP contribution is 2.61. The van der Waals surface area contributed by atoms with Crippen molar-refractivity contribution < 1.29 is 33.0 Å². The van der Waals surface area contributed by atoms with Crippen LogP contribution in [0.15, 0.2) is 22.8 Å². The second-order valence-corrected chi connectivity index (χ2v) is 19.5. The van der Waals surface area contributed by atoms with Gasteiger partial charge >= 0.3 is 0 Å². The molecule has 0 aromatic carbocycles. The van der Waals surface area contributed by atoms with Crippen molar-refractivity contribution in [2.45, 2.75) is 123 Å². The summed E-state index contributed by atoms with van der Waals surface area (Å²) in [5.74, 6) is 0.689. The molecule has 0 aromatic rings. The number of carbonyl (C=O) groups is 2. The number of rotatable bonds is 16. The van der Waals surface area contributed by atoms with Crippen LogP contribution in [-0.2, 0) is 33.0 Å². The Morgan fingerprint density at radius 1 is 1.00 bits per heavy atom. The zero-order valence-electron chi connectivity index (χ0n) is 28.0. The molecule has 0 amide bonds. The number of carbonyl (C=O) groups excluding carboxylic acids is 2. The number of Topliss-reactive ketones (excluding diaryl/α,β-unsaturated/α-hetero) is 1. The van der Waals surface area contributed by atoms with Gasteiger partial charge in [-0.05, 0) is 72.1 Å². The third-order valence-electron chi connectivity index (χ3n) is 10.7. The molecule has 240 valence electrons. The molecule has 1 saturated carbocycles. The average Bonchev–Trinajstić information content (AvgIpc) is 2.91. The van der Waals surface area contributed by atoms with Gasteiger partial charge in [0.25, 0.3) is 0 Å². The van der Waals surface area contributed by atoms with E-state index in [1.807, 2.05) is 0 Å². The first-order valence-corrected chi connectivity index (χ1v) is 18.2. The van der Waals surface area contributed by atoms with Gasteiger partial charge in [-0.3, -0.25) is 4.79 Å². The minimum atomic E-state index is -2.09. The molecule has 0 spiro atoms. The van der Waals surface area contributed by atoms with E-state index in [1.54, 1.807) is 14.2 Å². The fourth-order valence-electron chi connectivity index (χ4n) is 9.25. The van der Waals surface area contributed by atoms with Gasteiger partial charge in [0.05, 0.1) is 12.2 Å². The molecule has 0 N–H and O–H groups in total. The van der Waals surface area contributed by atoms with Crippen molar-refractivity contribution in [3.8, 4) is 0 Å². The maximum atomic E-state index is 14.0. The molecule has 0 heterocycles. The van der Waals surface area contributed by atoms with Crippen molar-refractivity contribution in [1.29, 1.82) is 0 Å². The zero-order valence-corrected chi connectivity index (χ0v) is 29.0. The molecule has 0 aromatic heterocycles. The Hall–Kier alpha value is -1.16. The van der Waals surface area contributed by atoms with E-state index in [1.165, 1.54) is 5.57 Å². The number of hydrogen-bond acceptors (Lipinski definition) is 7. The lowest BCUT2D eigenvalue weighted by Gasteiger charge is -2.59. The smallest absolute Gasteiger partial charge is 0.200 e. The number of ether oxygens (including phenoxy) is 4. The van der Waals surface area contributed by atoms with Gasteiger partial charge in [0.1, 0.15) is 19.9 Å². The molecule has 8 heteroatoms. The standard InChI is InChI=1S/C34H58O7Si/c1-22(2)42(23(3)4,24(5)6)41-15-13-27-26(12-11-14-35)30(36)19-34(8)29-16-25(7)17-31(39-20-37-9)28(29)18-32(33(27)34)40-21-38-10/h14,17,22-24,28-29,31-33H,11-13,15-16,18-21H2,1-10H3/t28-,29+,31-,32+,33-,34-/m0/s1. The van der Waals surface area contributed by atoms with Gasteiger partial charge < -0.3 is 28.2 Å². The Morgan fingerprint density at radius 2 is 1.62 bits per heavy atom. The van der Waals surface area contributed by atoms with Crippen LogP contribution >= 0.6 is 0 Å². The van der Waals surface area contributed by atoms with Crippen molar-refractivity contribution in [3.63, 3.8) is 0 Å². The van der Waals surface area contributed by atoms with Gasteiger partial charge in [-0.2, -0.15) is 0 Å². The third kappa shape index (κ3) is 7.05. The molecule has 3 aliphatic carbocycles. The second-order valence-electron chi connectivity index (χ2n) is 14.1. The Bertz CT molecular complexity index is 965. The lowest BCUT2D eigenvalue weighted by Crippen LogP contribution is -2.58. The quantitative estimate of drug-likeness (QED) is 0.0784. The minimum absolute atomic E-state index is 0.0408. The largest absolute Gasteiger partial charge is 0.416 e. The summed E-state index contributed by atoms with van der Waals surface area (Å²) in [4.78, 5) is 25.6. The van der Waals surface area contributed by atoms with Gasteiger partial charge in [0.15, 0.2) is 14.1 Å². The van der Waals surface area contributed by atoms with Crippen LogP contribution in [0.1, 0.15) is 93.9 Å². The van der Waals surface area contributed by atoms with Crippen molar-refractivity contribution >= 4 is 20.4 Å². The molecule has 0 bridgehead atoms. The summed E-state index contributed by atoms with van der Waals surface area (Å²) in [5.41, 5.74) is 4.40. The highest BCUT2D eigenvalue weighted by molar-refractivity contribution is 6.77. The lowest BCUT2D eigenvalue weighted by molar-refractivity contribution is -0.180. The molecule has 1 fully saturated rings. The van der Waals surface area contributed by atoms with E-state index < -0.39 is 8.32 Å². The highest BCUT2D eigenvalue weighted by Gasteiger charge is 2.59. The van der Waals surface area contributed by atoms with Gasteiger partial charge in [0.2, 0.25) is 0 Å². The monoisotopic (exact) mass is 606 g/mol. The number of methoxy groups -OCH3 is 2. The molecular weight excluding hydrogens is 548 g/mol. The molecule has 0 radical (unpaired) electrons. The van der Waals surface area contributed by atoms with Crippen LogP contribution in [0, 0.1) is 23.2 Å². The number of hydrogen-bond donors (Lipinski definition) is 0. The molecule has 7 nitrogen and oxygen atoms in total. The fourth-order valence-corrected chi connectivity index (χ4v) is 14.7. The van der Waals surface area contributed by atoms with Crippen LogP contribution in [0.2, 0.25) is 16.6 Å². The van der Waals surface area contributed by atoms with Crippen molar-refractivity contribution in [2.75, 3.05) is 34.4 Å². The Labute approximate surface area is 256 Å². The first-order chi connectivity index (χ1) is 19.9. The van der Waals surface area contributed by atoms with E-state index in [0.29, 0.717) is 48.9 Å². The van der Waals surface area contributed by atoms with E-state index >= 15 is 0 Å². The summed E-state index contributed by atoms with van der Waals surface area (Å²) < 4.78 is 30.5. The Kier molecular flexibility index (Phi) is 12.8. The Balaban J connectivity index is 2.08. The first kappa shape index (κ1) is 35.3. The second kappa shape index (κ2) is 15.2. The van der Waals surface area contributed by atoms with Gasteiger partial charge in [-0.1, -0.05) is 65.7 Å². The number of allylic oxidation sites excluding steroid dienone is 2. The van der Waals surface area contributed by atoms with Crippen LogP contribution in [0.5, 0.6) is 0 Å². The van der Waals surface area contributed by atoms with Crippen LogP contribution in [0.25, 0.3) is 0 Å². The predicted octanol–water partition coefficient (Wildman–Crippen LogP) is 7.40. The van der Waals surface area contributed by atoms with E-state index in [-0.39, 0.29) is 54.7 Å². The predicted molar refractivity (Wildman–Crippen MR) is 169 cm³/mol. The van der Waals surface area contributed by atoms with Crippen LogP contribution in [-0.4, -0.2) is 67.0 Å². The van der Waals surface area contributed by atoms with E-state index in [0.717, 1.165) is 30.3 Å². The molecule has 3 rings (SSSR count). The van der Waals surface area contributed by atoms with E-state index in [4.69, 9.17) is 23.4 Å². The SMILES string of the molecule is COCO[C@H]1C=C(C)C[C@@H]2[C@@H]1C[C@@H](OCOC)[C@@H]1C(CCO[Si](C(C)C)(C(C)C)C(C)C)=C(CCC=O)C(=O)C[C@@]21C. The minimum Gasteiger partial charge on any atom is -0.416 e. The lowest BCUT2D eigenvalue weighted by atomic mass is 9.47. The summed E-state index contributed by atoms with van der Waals surface area (Å²) in [6.07, 6.45) is 6.66. The van der Waals surface area contributed by atoms with Crippen LogP contribution in [0.3, 0.4) is 0 Å². The molecule has 0 unspecified atom stereocenters. The van der Waals surface area contributed by atoms with E-state index in [9.17, 15) is 9.59 Å². The third-order valence-corrected chi connectivity index (χ3v) is 16.8. The maximum Gasteiger partial charge on any atom is 0.200 e. The molecule has 0 saturated heterocycles. The summed E-state index contributed by atoms with van der Waals surface area (Å²) in [6, 6.07) is 0. The highest BCUT2D eigenvalue weighted by atomic mass is 28.4. The molecule has 6 atom stereocenters. The van der Waals surface area contributed by atoms with Crippen LogP contribution in [0.4, 0.5) is 0 Å². The van der Waals surface area contributed by atoms with Gasteiger partial charge in [-0.25, -0.2) is 0 Å². The van der Waals surface area contributed by atoms with Crippen molar-refractivity contribution in [2.24, 2.45) is 23.2 Å². The zero-order chi connectivity index (χ0) is 31.2. The Morgan fingerprint density at radius 3 is 2.19 bits per heavy atom. The fraction of sp³-hybridized carbons (Fsp3) is 0.824. The number of fused-ring (bicyclic) bond motifs is 3. The summed E-state index contributed by atoms with van der Waals surface area (Å²) in [6.45, 7) is 19.3. The number of ketones is 1. The van der Waals surface area contributed by atoms with Crippen molar-refractivity contribution in [3.05, 3.63) is 22.8 Å². The molecule has 0 aliphatic heterocycles. The number of aldehydes is 1. The van der Waals surface area contributed by atoms with Gasteiger partial charge in [0, 0.05) is 39.6 Å². The topological polar surface area (TPSA) is 80.3 Å². The summed E-state index contributed by atoms with van der Waals surface area (Å²) in [7, 11) is 1.21. The average molecular weight is 607 g/mol. The molecule has 42 heavy (non-hydrogen) atoms. The first-order valence-electron chi connectivity index (χ1n) is 16.1. The molecule has 3 aliphatic rings. The van der Waals surface area contributed by atoms with Crippen LogP contribution < -0.4 is 0 Å². The van der Waals surface area contributed by atoms with E-state index in [2.05, 4.69) is 61.5 Å². The normalized spacial score (nSPS) is 30.2. The summed E-state index contributed by atoms with van der Waals surface area (Å²) in [5, 5.41) is 0. The maximum absolute atomic E-state index is 14.0. The molecular formula is C34H58O7Si. The summed E-state index contributed by atoms with van der Waals surface area (Å²) >= 11 is 0.